The van der Waals surface area contributed by atoms with Crippen molar-refractivity contribution >= 4 is 5.91 Å². The molecule has 0 aromatic heterocycles. The lowest BCUT2D eigenvalue weighted by molar-refractivity contribution is -0.132. The maximum Gasteiger partial charge on any atom is 0.234 e. The van der Waals surface area contributed by atoms with Crippen LogP contribution in [0.1, 0.15) is 24.9 Å². The molecule has 3 heteroatoms. The molecular formula is C11H14N2O. The maximum absolute atomic E-state index is 11.3. The van der Waals surface area contributed by atoms with Gasteiger partial charge in [-0.1, -0.05) is 30.3 Å². The third kappa shape index (κ3) is 1.63. The number of amides is 1. The van der Waals surface area contributed by atoms with Crippen LogP contribution >= 0.6 is 0 Å². The van der Waals surface area contributed by atoms with E-state index in [1.807, 2.05) is 18.2 Å². The quantitative estimate of drug-likeness (QED) is 0.727. The third-order valence-electron chi connectivity index (χ3n) is 2.54. The Labute approximate surface area is 83.7 Å². The Bertz CT molecular complexity index is 323. The van der Waals surface area contributed by atoms with E-state index in [0.717, 1.165) is 13.0 Å². The van der Waals surface area contributed by atoms with E-state index in [1.165, 1.54) is 5.56 Å². The molecule has 0 spiro atoms. The first-order valence-corrected chi connectivity index (χ1v) is 4.87. The fourth-order valence-corrected chi connectivity index (χ4v) is 1.88. The molecule has 1 unspecified atom stereocenters. The van der Waals surface area contributed by atoms with E-state index >= 15 is 0 Å². The van der Waals surface area contributed by atoms with Gasteiger partial charge >= 0.3 is 0 Å². The predicted octanol–water partition coefficient (Wildman–Crippen LogP) is 1.48. The second kappa shape index (κ2) is 3.80. The number of carbonyl (C=O) groups excluding carboxylic acids is 1. The molecule has 1 N–H and O–H groups in total. The van der Waals surface area contributed by atoms with E-state index in [1.54, 1.807) is 11.9 Å². The highest BCUT2D eigenvalue weighted by Gasteiger charge is 2.27. The largest absolute Gasteiger partial charge is 0.274 e. The van der Waals surface area contributed by atoms with Crippen molar-refractivity contribution in [1.29, 1.82) is 0 Å². The van der Waals surface area contributed by atoms with Crippen LogP contribution in [0.2, 0.25) is 0 Å². The van der Waals surface area contributed by atoms with Gasteiger partial charge in [0.05, 0.1) is 6.04 Å². The molecule has 1 aromatic carbocycles. The molecule has 1 fully saturated rings. The molecule has 74 valence electrons. The molecule has 1 aliphatic heterocycles. The average Bonchev–Trinajstić information content (AvgIpc) is 2.67. The van der Waals surface area contributed by atoms with Crippen LogP contribution in [0, 0.1) is 0 Å². The number of hydrogen-bond donors (Lipinski definition) is 1. The first kappa shape index (κ1) is 9.21. The van der Waals surface area contributed by atoms with Crippen LogP contribution in [-0.2, 0) is 4.79 Å². The molecule has 14 heavy (non-hydrogen) atoms. The summed E-state index contributed by atoms with van der Waals surface area (Å²) in [6.07, 6.45) is 0.990. The van der Waals surface area contributed by atoms with Gasteiger partial charge < -0.3 is 0 Å². The minimum atomic E-state index is 0.0800. The fourth-order valence-electron chi connectivity index (χ4n) is 1.88. The van der Waals surface area contributed by atoms with Crippen molar-refractivity contribution in [3.63, 3.8) is 0 Å². The lowest BCUT2D eigenvalue weighted by atomic mass is 10.0. The Kier molecular flexibility index (Phi) is 2.50. The van der Waals surface area contributed by atoms with E-state index in [-0.39, 0.29) is 11.9 Å². The first-order valence-electron chi connectivity index (χ1n) is 4.87. The number of nitrogens with zero attached hydrogens (tertiary/aromatic N) is 1. The molecule has 0 aliphatic carbocycles. The molecule has 1 aromatic rings. The smallest absolute Gasteiger partial charge is 0.234 e. The van der Waals surface area contributed by atoms with Crippen molar-refractivity contribution in [3.8, 4) is 0 Å². The molecule has 1 saturated heterocycles. The molecule has 3 nitrogen and oxygen atoms in total. The number of rotatable bonds is 1. The summed E-state index contributed by atoms with van der Waals surface area (Å²) in [4.78, 5) is 11.3. The summed E-state index contributed by atoms with van der Waals surface area (Å²) in [6.45, 7) is 2.47. The van der Waals surface area contributed by atoms with Crippen molar-refractivity contribution in [3.05, 3.63) is 35.9 Å². The molecule has 0 radical (unpaired) electrons. The minimum absolute atomic E-state index is 0.0800. The van der Waals surface area contributed by atoms with Crippen molar-refractivity contribution in [2.24, 2.45) is 0 Å². The lowest BCUT2D eigenvalue weighted by Gasteiger charge is -2.22. The van der Waals surface area contributed by atoms with E-state index < -0.39 is 0 Å². The summed E-state index contributed by atoms with van der Waals surface area (Å²) in [5, 5.41) is 1.72. The Morgan fingerprint density at radius 2 is 2.14 bits per heavy atom. The standard InChI is InChI=1S/C11H14N2O/c1-9(14)13-11(7-8-12-13)10-5-3-2-4-6-10/h2-6,11-12H,7-8H2,1H3. The summed E-state index contributed by atoms with van der Waals surface area (Å²) < 4.78 is 0. The molecule has 1 aliphatic rings. The highest BCUT2D eigenvalue weighted by molar-refractivity contribution is 5.73. The molecule has 0 bridgehead atoms. The van der Waals surface area contributed by atoms with Crippen LogP contribution in [0.15, 0.2) is 30.3 Å². The zero-order valence-corrected chi connectivity index (χ0v) is 8.23. The van der Waals surface area contributed by atoms with Crippen LogP contribution in [0.25, 0.3) is 0 Å². The van der Waals surface area contributed by atoms with Crippen molar-refractivity contribution in [2.75, 3.05) is 6.54 Å². The Morgan fingerprint density at radius 1 is 1.43 bits per heavy atom. The van der Waals surface area contributed by atoms with Gasteiger partial charge in [0.2, 0.25) is 5.91 Å². The van der Waals surface area contributed by atoms with Gasteiger partial charge in [0.1, 0.15) is 0 Å². The van der Waals surface area contributed by atoms with Crippen LogP contribution in [0.4, 0.5) is 0 Å². The van der Waals surface area contributed by atoms with E-state index in [2.05, 4.69) is 17.6 Å². The van der Waals surface area contributed by atoms with E-state index in [9.17, 15) is 4.79 Å². The van der Waals surface area contributed by atoms with E-state index in [4.69, 9.17) is 0 Å². The van der Waals surface area contributed by atoms with Crippen LogP contribution in [0.5, 0.6) is 0 Å². The first-order chi connectivity index (χ1) is 6.79. The summed E-state index contributed by atoms with van der Waals surface area (Å²) in [6, 6.07) is 10.3. The second-order valence-electron chi connectivity index (χ2n) is 3.51. The zero-order chi connectivity index (χ0) is 9.97. The van der Waals surface area contributed by atoms with Gasteiger partial charge in [0.15, 0.2) is 0 Å². The lowest BCUT2D eigenvalue weighted by Crippen LogP contribution is -2.36. The van der Waals surface area contributed by atoms with Crippen molar-refractivity contribution in [2.45, 2.75) is 19.4 Å². The van der Waals surface area contributed by atoms with Crippen LogP contribution < -0.4 is 5.43 Å². The normalized spacial score (nSPS) is 21.2. The van der Waals surface area contributed by atoms with Gasteiger partial charge in [0.25, 0.3) is 0 Å². The molecule has 1 amide bonds. The average molecular weight is 190 g/mol. The molecular weight excluding hydrogens is 176 g/mol. The summed E-state index contributed by atoms with van der Waals surface area (Å²) in [5.41, 5.74) is 4.29. The molecule has 2 rings (SSSR count). The van der Waals surface area contributed by atoms with Gasteiger partial charge in [-0.05, 0) is 12.0 Å². The number of benzene rings is 1. The molecule has 1 heterocycles. The predicted molar refractivity (Wildman–Crippen MR) is 54.3 cm³/mol. The number of hydrogen-bond acceptors (Lipinski definition) is 2. The van der Waals surface area contributed by atoms with Crippen molar-refractivity contribution in [1.82, 2.24) is 10.4 Å². The van der Waals surface area contributed by atoms with Gasteiger partial charge in [-0.3, -0.25) is 9.80 Å². The van der Waals surface area contributed by atoms with Gasteiger partial charge in [-0.2, -0.15) is 0 Å². The van der Waals surface area contributed by atoms with Gasteiger partial charge in [0, 0.05) is 13.5 Å². The van der Waals surface area contributed by atoms with Crippen molar-refractivity contribution < 1.29 is 4.79 Å². The highest BCUT2D eigenvalue weighted by Crippen LogP contribution is 2.26. The SMILES string of the molecule is CC(=O)N1NCCC1c1ccccc1. The zero-order valence-electron chi connectivity index (χ0n) is 8.23. The number of hydrazine groups is 1. The maximum atomic E-state index is 11.3. The topological polar surface area (TPSA) is 32.3 Å². The second-order valence-corrected chi connectivity index (χ2v) is 3.51. The van der Waals surface area contributed by atoms with Gasteiger partial charge in [-0.25, -0.2) is 5.43 Å². The molecule has 0 saturated carbocycles. The van der Waals surface area contributed by atoms with Gasteiger partial charge in [-0.15, -0.1) is 0 Å². The van der Waals surface area contributed by atoms with E-state index in [0.29, 0.717) is 0 Å². The Hall–Kier alpha value is -1.35. The molecule has 1 atom stereocenters. The highest BCUT2D eigenvalue weighted by atomic mass is 16.2. The fraction of sp³-hybridized carbons (Fsp3) is 0.364. The Balaban J connectivity index is 2.22. The third-order valence-corrected chi connectivity index (χ3v) is 2.54. The monoisotopic (exact) mass is 190 g/mol. The Morgan fingerprint density at radius 3 is 2.79 bits per heavy atom. The summed E-state index contributed by atoms with van der Waals surface area (Å²) in [7, 11) is 0. The minimum Gasteiger partial charge on any atom is -0.274 e. The number of nitrogens with one attached hydrogen (secondary N) is 1. The van der Waals surface area contributed by atoms with Crippen LogP contribution in [0.3, 0.4) is 0 Å². The summed E-state index contributed by atoms with van der Waals surface area (Å²) in [5.74, 6) is 0.0800. The number of carbonyl (C=O) groups is 1. The summed E-state index contributed by atoms with van der Waals surface area (Å²) >= 11 is 0. The van der Waals surface area contributed by atoms with Crippen LogP contribution in [-0.4, -0.2) is 17.5 Å².